The molecule has 0 saturated heterocycles. The molecule has 1 amide bonds. The molecule has 0 radical (unpaired) electrons. The number of nitrogens with zero attached hydrogens (tertiary/aromatic N) is 1. The molecule has 0 unspecified atom stereocenters. The summed E-state index contributed by atoms with van der Waals surface area (Å²) >= 11 is 1.52. The van der Waals surface area contributed by atoms with Crippen LogP contribution in [0.1, 0.15) is 52.5 Å². The number of anilines is 1. The highest BCUT2D eigenvalue weighted by atomic mass is 32.1. The lowest BCUT2D eigenvalue weighted by atomic mass is 10.0. The molecule has 29 heavy (non-hydrogen) atoms. The number of aryl methyl sites for hydroxylation is 3. The zero-order chi connectivity index (χ0) is 20.8. The second kappa shape index (κ2) is 9.61. The third-order valence-corrected chi connectivity index (χ3v) is 5.77. The molecule has 1 aromatic heterocycles. The van der Waals surface area contributed by atoms with Gasteiger partial charge in [0.05, 0.1) is 5.69 Å². The van der Waals surface area contributed by atoms with E-state index in [1.54, 1.807) is 12.1 Å². The number of carbonyl (C=O) groups excluding carboxylic acids is 2. The first-order valence-corrected chi connectivity index (χ1v) is 10.7. The van der Waals surface area contributed by atoms with Crippen molar-refractivity contribution in [2.45, 2.75) is 46.5 Å². The number of hydrogen-bond donors (Lipinski definition) is 1. The lowest BCUT2D eigenvalue weighted by molar-refractivity contribution is -0.116. The Morgan fingerprint density at radius 3 is 2.52 bits per heavy atom. The quantitative estimate of drug-likeness (QED) is 0.468. The van der Waals surface area contributed by atoms with Gasteiger partial charge in [-0.25, -0.2) is 4.98 Å². The summed E-state index contributed by atoms with van der Waals surface area (Å²) in [7, 11) is 0. The summed E-state index contributed by atoms with van der Waals surface area (Å²) in [5, 5.41) is 3.49. The van der Waals surface area contributed by atoms with Gasteiger partial charge in [-0.1, -0.05) is 61.4 Å². The second-order valence-electron chi connectivity index (χ2n) is 7.20. The van der Waals surface area contributed by atoms with Crippen molar-refractivity contribution < 1.29 is 9.59 Å². The van der Waals surface area contributed by atoms with Crippen molar-refractivity contribution in [2.75, 3.05) is 5.32 Å². The number of aromatic nitrogens is 1. The first-order valence-electron chi connectivity index (χ1n) is 9.93. The maximum Gasteiger partial charge on any atom is 0.226 e. The van der Waals surface area contributed by atoms with Gasteiger partial charge in [0.25, 0.3) is 0 Å². The van der Waals surface area contributed by atoms with Crippen molar-refractivity contribution >= 4 is 28.2 Å². The normalized spacial score (nSPS) is 10.7. The Balaban J connectivity index is 1.71. The van der Waals surface area contributed by atoms with E-state index in [4.69, 9.17) is 4.98 Å². The van der Waals surface area contributed by atoms with Crippen LogP contribution in [0.3, 0.4) is 0 Å². The Morgan fingerprint density at radius 1 is 1.03 bits per heavy atom. The van der Waals surface area contributed by atoms with Crippen molar-refractivity contribution in [1.82, 2.24) is 4.98 Å². The van der Waals surface area contributed by atoms with Crippen molar-refractivity contribution in [3.8, 4) is 11.3 Å². The molecule has 3 aromatic rings. The number of amides is 1. The van der Waals surface area contributed by atoms with E-state index in [9.17, 15) is 9.59 Å². The minimum atomic E-state index is -0.182. The first-order chi connectivity index (χ1) is 14.0. The molecule has 5 heteroatoms. The molecule has 1 heterocycles. The molecule has 0 atom stereocenters. The van der Waals surface area contributed by atoms with E-state index in [1.165, 1.54) is 27.3 Å². The van der Waals surface area contributed by atoms with Gasteiger partial charge in [-0.05, 0) is 31.9 Å². The fourth-order valence-electron chi connectivity index (χ4n) is 3.18. The van der Waals surface area contributed by atoms with E-state index in [2.05, 4.69) is 44.3 Å². The van der Waals surface area contributed by atoms with Gasteiger partial charge < -0.3 is 5.32 Å². The maximum absolute atomic E-state index is 12.4. The highest BCUT2D eigenvalue weighted by molar-refractivity contribution is 7.16. The number of carbonyl (C=O) groups is 2. The fraction of sp³-hybridized carbons (Fsp3) is 0.292. The molecule has 0 aliphatic heterocycles. The van der Waals surface area contributed by atoms with E-state index >= 15 is 0 Å². The van der Waals surface area contributed by atoms with Gasteiger partial charge in [-0.3, -0.25) is 9.59 Å². The van der Waals surface area contributed by atoms with Crippen LogP contribution in [-0.4, -0.2) is 16.7 Å². The van der Waals surface area contributed by atoms with Crippen molar-refractivity contribution in [2.24, 2.45) is 0 Å². The Kier molecular flexibility index (Phi) is 6.94. The molecule has 1 N–H and O–H groups in total. The molecule has 150 valence electrons. The van der Waals surface area contributed by atoms with Crippen LogP contribution in [0.4, 0.5) is 5.13 Å². The first kappa shape index (κ1) is 20.9. The summed E-state index contributed by atoms with van der Waals surface area (Å²) in [6.07, 6.45) is 2.27. The van der Waals surface area contributed by atoms with E-state index < -0.39 is 0 Å². The molecule has 3 rings (SSSR count). The van der Waals surface area contributed by atoms with Gasteiger partial charge in [0.15, 0.2) is 10.9 Å². The van der Waals surface area contributed by atoms with Crippen LogP contribution < -0.4 is 5.32 Å². The van der Waals surface area contributed by atoms with E-state index in [0.717, 1.165) is 24.1 Å². The number of benzene rings is 2. The summed E-state index contributed by atoms with van der Waals surface area (Å²) in [6.45, 7) is 6.29. The van der Waals surface area contributed by atoms with Crippen LogP contribution in [0.5, 0.6) is 0 Å². The average Bonchev–Trinajstić information content (AvgIpc) is 3.11. The Morgan fingerprint density at radius 2 is 1.79 bits per heavy atom. The third-order valence-electron chi connectivity index (χ3n) is 4.74. The fourth-order valence-corrected chi connectivity index (χ4v) is 4.27. The van der Waals surface area contributed by atoms with Crippen molar-refractivity contribution in [3.05, 3.63) is 70.1 Å². The van der Waals surface area contributed by atoms with Crippen LogP contribution >= 0.6 is 11.3 Å². The van der Waals surface area contributed by atoms with Crippen LogP contribution in [0.25, 0.3) is 11.3 Å². The SMILES string of the molecule is CCCc1sc(NC(=O)CCC(=O)c2ccccc2)nc1-c1cc(C)ccc1C. The molecular formula is C24H26N2O2S. The second-order valence-corrected chi connectivity index (χ2v) is 8.28. The van der Waals surface area contributed by atoms with Gasteiger partial charge >= 0.3 is 0 Å². The maximum atomic E-state index is 12.4. The molecule has 0 aliphatic carbocycles. The Labute approximate surface area is 176 Å². The predicted molar refractivity (Wildman–Crippen MR) is 120 cm³/mol. The summed E-state index contributed by atoms with van der Waals surface area (Å²) in [6, 6.07) is 15.4. The molecule has 4 nitrogen and oxygen atoms in total. The largest absolute Gasteiger partial charge is 0.302 e. The molecular weight excluding hydrogens is 380 g/mol. The number of rotatable bonds is 8. The summed E-state index contributed by atoms with van der Waals surface area (Å²) in [5.74, 6) is -0.207. The minimum Gasteiger partial charge on any atom is -0.302 e. The Bertz CT molecular complexity index is 1010. The highest BCUT2D eigenvalue weighted by Crippen LogP contribution is 2.34. The smallest absolute Gasteiger partial charge is 0.226 e. The van der Waals surface area contributed by atoms with Crippen LogP contribution in [0.15, 0.2) is 48.5 Å². The molecule has 0 spiro atoms. The summed E-state index contributed by atoms with van der Waals surface area (Å²) in [5.41, 5.74) is 5.06. The van der Waals surface area contributed by atoms with Crippen LogP contribution in [-0.2, 0) is 11.2 Å². The molecule has 0 aliphatic rings. The van der Waals surface area contributed by atoms with Gasteiger partial charge in [-0.2, -0.15) is 0 Å². The van der Waals surface area contributed by atoms with Crippen LogP contribution in [0.2, 0.25) is 0 Å². The van der Waals surface area contributed by atoms with E-state index in [-0.39, 0.29) is 24.5 Å². The molecule has 0 bridgehead atoms. The number of thiazole rings is 1. The van der Waals surface area contributed by atoms with Gasteiger partial charge in [-0.15, -0.1) is 11.3 Å². The van der Waals surface area contributed by atoms with E-state index in [0.29, 0.717) is 10.7 Å². The predicted octanol–water partition coefficient (Wildman–Crippen LogP) is 5.98. The van der Waals surface area contributed by atoms with Crippen LogP contribution in [0, 0.1) is 13.8 Å². The van der Waals surface area contributed by atoms with Crippen molar-refractivity contribution in [1.29, 1.82) is 0 Å². The highest BCUT2D eigenvalue weighted by Gasteiger charge is 2.17. The summed E-state index contributed by atoms with van der Waals surface area (Å²) < 4.78 is 0. The number of nitrogens with one attached hydrogen (secondary N) is 1. The third kappa shape index (κ3) is 5.39. The zero-order valence-electron chi connectivity index (χ0n) is 17.1. The molecule has 2 aromatic carbocycles. The standard InChI is InChI=1S/C24H26N2O2S/c1-4-8-21-23(19-15-16(2)11-12-17(19)3)26-24(29-21)25-22(28)14-13-20(27)18-9-6-5-7-10-18/h5-7,9-12,15H,4,8,13-14H2,1-3H3,(H,25,26,28). The van der Waals surface area contributed by atoms with Gasteiger partial charge in [0.1, 0.15) is 0 Å². The molecule has 0 fully saturated rings. The van der Waals surface area contributed by atoms with Gasteiger partial charge in [0, 0.05) is 28.8 Å². The Hall–Kier alpha value is -2.79. The topological polar surface area (TPSA) is 59.1 Å². The molecule has 0 saturated carbocycles. The zero-order valence-corrected chi connectivity index (χ0v) is 17.9. The summed E-state index contributed by atoms with van der Waals surface area (Å²) in [4.78, 5) is 30.5. The van der Waals surface area contributed by atoms with Gasteiger partial charge in [0.2, 0.25) is 5.91 Å². The number of ketones is 1. The lowest BCUT2D eigenvalue weighted by Gasteiger charge is -2.06. The number of Topliss-reactive ketones (excluding diaryl/α,β-unsaturated/α-hetero) is 1. The lowest BCUT2D eigenvalue weighted by Crippen LogP contribution is -2.13. The van der Waals surface area contributed by atoms with E-state index in [1.807, 2.05) is 18.2 Å². The monoisotopic (exact) mass is 406 g/mol. The van der Waals surface area contributed by atoms with Crippen molar-refractivity contribution in [3.63, 3.8) is 0 Å². The minimum absolute atomic E-state index is 0.0253. The number of hydrogen-bond acceptors (Lipinski definition) is 4. The average molecular weight is 407 g/mol.